The number of nitrogens with one attached hydrogen (secondary N) is 2. The number of carbonyl (C=O) groups is 2. The van der Waals surface area contributed by atoms with E-state index in [-0.39, 0.29) is 6.61 Å². The van der Waals surface area contributed by atoms with Crippen molar-refractivity contribution in [1.82, 2.24) is 0 Å². The van der Waals surface area contributed by atoms with E-state index in [1.807, 2.05) is 37.3 Å². The molecular weight excluding hydrogens is 344 g/mol. The predicted molar refractivity (Wildman–Crippen MR) is 103 cm³/mol. The summed E-state index contributed by atoms with van der Waals surface area (Å²) in [4.78, 5) is 24.4. The third kappa shape index (κ3) is 4.98. The number of benzene rings is 2. The number of ether oxygens (including phenoxy) is 1. The molecule has 0 bridgehead atoms. The lowest BCUT2D eigenvalue weighted by molar-refractivity contribution is -0.119. The summed E-state index contributed by atoms with van der Waals surface area (Å²) in [5, 5.41) is 5.87. The molecule has 0 saturated carbocycles. The van der Waals surface area contributed by atoms with Crippen LogP contribution in [-0.4, -0.2) is 18.5 Å². The highest BCUT2D eigenvalue weighted by atomic mass is 16.5. The predicted octanol–water partition coefficient (Wildman–Crippen LogP) is 4.00. The van der Waals surface area contributed by atoms with Crippen LogP contribution in [-0.2, 0) is 16.1 Å². The van der Waals surface area contributed by atoms with Crippen LogP contribution in [0.4, 0.5) is 11.4 Å². The van der Waals surface area contributed by atoms with Crippen LogP contribution in [0.3, 0.4) is 0 Å². The molecule has 1 aromatic heterocycles. The van der Waals surface area contributed by atoms with Gasteiger partial charge in [-0.1, -0.05) is 30.3 Å². The van der Waals surface area contributed by atoms with E-state index in [0.717, 1.165) is 11.3 Å². The highest BCUT2D eigenvalue weighted by molar-refractivity contribution is 5.98. The van der Waals surface area contributed by atoms with Gasteiger partial charge in [0.2, 0.25) is 0 Å². The average Bonchev–Trinajstić information content (AvgIpc) is 3.20. The van der Waals surface area contributed by atoms with Crippen molar-refractivity contribution in [1.29, 1.82) is 0 Å². The lowest BCUT2D eigenvalue weighted by Gasteiger charge is -2.11. The number of amides is 1. The Bertz CT molecular complexity index is 919. The minimum atomic E-state index is -0.572. The van der Waals surface area contributed by atoms with Crippen LogP contribution >= 0.6 is 0 Å². The van der Waals surface area contributed by atoms with Crippen LogP contribution < -0.4 is 10.6 Å². The number of hydrogen-bond acceptors (Lipinski definition) is 5. The molecular formula is C21H20N2O4. The molecule has 0 atom stereocenters. The normalized spacial score (nSPS) is 10.3. The zero-order chi connectivity index (χ0) is 19.1. The van der Waals surface area contributed by atoms with Crippen LogP contribution in [0, 0.1) is 6.92 Å². The minimum absolute atomic E-state index is 0.354. The van der Waals surface area contributed by atoms with Crippen molar-refractivity contribution < 1.29 is 18.7 Å². The number of anilines is 2. The van der Waals surface area contributed by atoms with Gasteiger partial charge in [0, 0.05) is 11.4 Å². The van der Waals surface area contributed by atoms with Gasteiger partial charge in [0.15, 0.2) is 6.61 Å². The zero-order valence-electron chi connectivity index (χ0n) is 14.9. The van der Waals surface area contributed by atoms with Gasteiger partial charge in [-0.05, 0) is 42.8 Å². The van der Waals surface area contributed by atoms with E-state index in [1.165, 1.54) is 0 Å². The van der Waals surface area contributed by atoms with Gasteiger partial charge < -0.3 is 19.8 Å². The van der Waals surface area contributed by atoms with Crippen molar-refractivity contribution in [3.8, 4) is 0 Å². The summed E-state index contributed by atoms with van der Waals surface area (Å²) < 4.78 is 10.4. The van der Waals surface area contributed by atoms with E-state index in [0.29, 0.717) is 23.5 Å². The van der Waals surface area contributed by atoms with Crippen LogP contribution in [0.25, 0.3) is 0 Å². The van der Waals surface area contributed by atoms with Crippen LogP contribution in [0.1, 0.15) is 21.7 Å². The van der Waals surface area contributed by atoms with Crippen molar-refractivity contribution >= 4 is 23.3 Å². The molecule has 6 nitrogen and oxygen atoms in total. The summed E-state index contributed by atoms with van der Waals surface area (Å²) in [6.45, 7) is 1.97. The van der Waals surface area contributed by atoms with Crippen molar-refractivity contribution in [3.63, 3.8) is 0 Å². The van der Waals surface area contributed by atoms with Crippen LogP contribution in [0.15, 0.2) is 71.3 Å². The molecule has 0 saturated heterocycles. The second-order valence-corrected chi connectivity index (χ2v) is 5.92. The van der Waals surface area contributed by atoms with E-state index in [4.69, 9.17) is 9.15 Å². The highest BCUT2D eigenvalue weighted by Crippen LogP contribution is 2.18. The summed E-state index contributed by atoms with van der Waals surface area (Å²) in [6.07, 6.45) is 1.59. The molecule has 3 rings (SSSR count). The molecule has 27 heavy (non-hydrogen) atoms. The first kappa shape index (κ1) is 18.3. The Balaban J connectivity index is 1.57. The fraction of sp³-hybridized carbons (Fsp3) is 0.143. The lowest BCUT2D eigenvalue weighted by Crippen LogP contribution is -2.21. The van der Waals surface area contributed by atoms with Gasteiger partial charge >= 0.3 is 5.97 Å². The summed E-state index contributed by atoms with van der Waals surface area (Å²) >= 11 is 0. The van der Waals surface area contributed by atoms with E-state index in [2.05, 4.69) is 10.6 Å². The first-order valence-corrected chi connectivity index (χ1v) is 8.51. The summed E-state index contributed by atoms with van der Waals surface area (Å²) in [6, 6.07) is 18.0. The number of carbonyl (C=O) groups excluding carboxylic acids is 2. The van der Waals surface area contributed by atoms with Gasteiger partial charge in [-0.25, -0.2) is 4.79 Å². The maximum Gasteiger partial charge on any atom is 0.340 e. The Kier molecular flexibility index (Phi) is 5.89. The van der Waals surface area contributed by atoms with Crippen molar-refractivity contribution in [2.45, 2.75) is 13.5 Å². The minimum Gasteiger partial charge on any atom is -0.467 e. The Morgan fingerprint density at radius 2 is 1.70 bits per heavy atom. The Morgan fingerprint density at radius 1 is 0.963 bits per heavy atom. The van der Waals surface area contributed by atoms with Gasteiger partial charge in [0.25, 0.3) is 5.91 Å². The molecule has 0 fully saturated rings. The molecule has 0 spiro atoms. The number of rotatable bonds is 7. The molecule has 1 heterocycles. The summed E-state index contributed by atoms with van der Waals surface area (Å²) in [7, 11) is 0. The number of para-hydroxylation sites is 2. The van der Waals surface area contributed by atoms with Gasteiger partial charge in [0.1, 0.15) is 5.76 Å². The van der Waals surface area contributed by atoms with Crippen molar-refractivity contribution in [2.75, 3.05) is 17.2 Å². The molecule has 3 aromatic rings. The Morgan fingerprint density at radius 3 is 2.44 bits per heavy atom. The number of esters is 1. The van der Waals surface area contributed by atoms with Gasteiger partial charge in [0.05, 0.1) is 18.4 Å². The number of aryl methyl sites for hydroxylation is 1. The number of furan rings is 1. The molecule has 0 aliphatic carbocycles. The molecule has 1 amide bonds. The first-order chi connectivity index (χ1) is 13.1. The third-order valence-electron chi connectivity index (χ3n) is 3.93. The lowest BCUT2D eigenvalue weighted by atomic mass is 10.2. The summed E-state index contributed by atoms with van der Waals surface area (Å²) in [5.41, 5.74) is 2.59. The Labute approximate surface area is 157 Å². The zero-order valence-corrected chi connectivity index (χ0v) is 14.9. The van der Waals surface area contributed by atoms with Gasteiger partial charge in [-0.3, -0.25) is 4.79 Å². The molecule has 2 N–H and O–H groups in total. The van der Waals surface area contributed by atoms with Gasteiger partial charge in [-0.2, -0.15) is 0 Å². The number of hydrogen-bond donors (Lipinski definition) is 2. The van der Waals surface area contributed by atoms with Gasteiger partial charge in [-0.15, -0.1) is 0 Å². The SMILES string of the molecule is Cc1ccccc1NC(=O)COC(=O)c1ccccc1NCc1ccco1. The first-order valence-electron chi connectivity index (χ1n) is 8.51. The Hall–Kier alpha value is -3.54. The molecule has 6 heteroatoms. The maximum atomic E-state index is 12.4. The standard InChI is InChI=1S/C21H20N2O4/c1-15-7-2-4-10-18(15)23-20(24)14-27-21(25)17-9-3-5-11-19(17)22-13-16-8-6-12-26-16/h2-12,22H,13-14H2,1H3,(H,23,24). The van der Waals surface area contributed by atoms with Crippen molar-refractivity contribution in [3.05, 3.63) is 83.8 Å². The van der Waals surface area contributed by atoms with E-state index in [1.54, 1.807) is 36.6 Å². The monoisotopic (exact) mass is 364 g/mol. The smallest absolute Gasteiger partial charge is 0.340 e. The van der Waals surface area contributed by atoms with Crippen LogP contribution in [0.5, 0.6) is 0 Å². The highest BCUT2D eigenvalue weighted by Gasteiger charge is 2.15. The largest absolute Gasteiger partial charge is 0.467 e. The molecule has 0 aliphatic rings. The maximum absolute atomic E-state index is 12.4. The molecule has 138 valence electrons. The second-order valence-electron chi connectivity index (χ2n) is 5.92. The fourth-order valence-corrected chi connectivity index (χ4v) is 2.52. The topological polar surface area (TPSA) is 80.6 Å². The molecule has 2 aromatic carbocycles. The second kappa shape index (κ2) is 8.71. The van der Waals surface area contributed by atoms with Crippen LogP contribution in [0.2, 0.25) is 0 Å². The van der Waals surface area contributed by atoms with E-state index in [9.17, 15) is 9.59 Å². The third-order valence-corrected chi connectivity index (χ3v) is 3.93. The van der Waals surface area contributed by atoms with E-state index >= 15 is 0 Å². The summed E-state index contributed by atoms with van der Waals surface area (Å²) in [5.74, 6) is -0.216. The quantitative estimate of drug-likeness (QED) is 0.620. The fourth-order valence-electron chi connectivity index (χ4n) is 2.52. The van der Waals surface area contributed by atoms with Crippen molar-refractivity contribution in [2.24, 2.45) is 0 Å². The average molecular weight is 364 g/mol. The molecule has 0 unspecified atom stereocenters. The van der Waals surface area contributed by atoms with E-state index < -0.39 is 11.9 Å². The molecule has 0 aliphatic heterocycles. The molecule has 0 radical (unpaired) electrons.